The van der Waals surface area contributed by atoms with Gasteiger partial charge in [-0.15, -0.1) is 0 Å². The maximum Gasteiger partial charge on any atom is 0.126 e. The van der Waals surface area contributed by atoms with Gasteiger partial charge in [-0.3, -0.25) is 0 Å². The van der Waals surface area contributed by atoms with E-state index in [-0.39, 0.29) is 30.4 Å². The Balaban J connectivity index is 2.79. The molecule has 0 aromatic heterocycles. The first kappa shape index (κ1) is 15.1. The Labute approximate surface area is 108 Å². The van der Waals surface area contributed by atoms with E-state index in [4.69, 9.17) is 10.8 Å². The van der Waals surface area contributed by atoms with Crippen LogP contribution in [0.2, 0.25) is 0 Å². The van der Waals surface area contributed by atoms with Crippen molar-refractivity contribution in [3.8, 4) is 0 Å². The van der Waals surface area contributed by atoms with Gasteiger partial charge in [-0.25, -0.2) is 4.39 Å². The number of benzene rings is 1. The number of aryl methyl sites for hydroxylation is 1. The molecule has 0 aliphatic carbocycles. The van der Waals surface area contributed by atoms with Gasteiger partial charge in [0.15, 0.2) is 0 Å². The van der Waals surface area contributed by atoms with Crippen LogP contribution in [0, 0.1) is 18.7 Å². The van der Waals surface area contributed by atoms with Gasteiger partial charge in [0, 0.05) is 25.2 Å². The molecule has 0 saturated heterocycles. The summed E-state index contributed by atoms with van der Waals surface area (Å²) in [7, 11) is 0. The highest BCUT2D eigenvalue weighted by Crippen LogP contribution is 2.17. The number of aliphatic hydroxyl groups excluding tert-OH is 1. The molecule has 3 atom stereocenters. The Kier molecular flexibility index (Phi) is 5.72. The molecule has 0 amide bonds. The Bertz CT molecular complexity index is 384. The zero-order chi connectivity index (χ0) is 13.7. The van der Waals surface area contributed by atoms with Crippen LogP contribution in [0.15, 0.2) is 18.2 Å². The number of rotatable bonds is 6. The average Bonchev–Trinajstić information content (AvgIpc) is 2.38. The predicted octanol–water partition coefficient (Wildman–Crippen LogP) is 1.74. The van der Waals surface area contributed by atoms with Gasteiger partial charge in [-0.2, -0.15) is 0 Å². The van der Waals surface area contributed by atoms with E-state index in [1.165, 1.54) is 6.07 Å². The van der Waals surface area contributed by atoms with Crippen molar-refractivity contribution in [1.29, 1.82) is 0 Å². The molecule has 0 fully saturated rings. The smallest absolute Gasteiger partial charge is 0.126 e. The molecule has 0 heterocycles. The molecule has 18 heavy (non-hydrogen) atoms. The number of nitrogens with one attached hydrogen (secondary N) is 1. The number of nitrogens with two attached hydrogens (primary N) is 1. The fourth-order valence-electron chi connectivity index (χ4n) is 1.82. The van der Waals surface area contributed by atoms with E-state index in [1.807, 2.05) is 19.9 Å². The lowest BCUT2D eigenvalue weighted by molar-refractivity contribution is 0.201. The molecule has 1 aromatic rings. The molecule has 0 aliphatic rings. The van der Waals surface area contributed by atoms with Gasteiger partial charge in [0.1, 0.15) is 5.82 Å². The minimum atomic E-state index is -0.203. The summed E-state index contributed by atoms with van der Waals surface area (Å²) in [4.78, 5) is 0. The molecule has 0 saturated carbocycles. The Morgan fingerprint density at radius 2 is 2.06 bits per heavy atom. The van der Waals surface area contributed by atoms with Crippen molar-refractivity contribution in [2.24, 2.45) is 11.7 Å². The molecule has 102 valence electrons. The summed E-state index contributed by atoms with van der Waals surface area (Å²) in [6.45, 7) is 6.30. The second-order valence-corrected chi connectivity index (χ2v) is 4.91. The average molecular weight is 254 g/mol. The van der Waals surface area contributed by atoms with Crippen LogP contribution in [0.5, 0.6) is 0 Å². The maximum atomic E-state index is 13.2. The van der Waals surface area contributed by atoms with E-state index >= 15 is 0 Å². The fourth-order valence-corrected chi connectivity index (χ4v) is 1.82. The molecule has 3 unspecified atom stereocenters. The minimum absolute atomic E-state index is 0.0201. The third-order valence-electron chi connectivity index (χ3n) is 3.43. The van der Waals surface area contributed by atoms with Gasteiger partial charge in [0.2, 0.25) is 0 Å². The van der Waals surface area contributed by atoms with E-state index in [2.05, 4.69) is 5.32 Å². The topological polar surface area (TPSA) is 58.3 Å². The number of hydrogen-bond acceptors (Lipinski definition) is 3. The third-order valence-corrected chi connectivity index (χ3v) is 3.43. The van der Waals surface area contributed by atoms with Gasteiger partial charge in [0.25, 0.3) is 0 Å². The molecule has 0 radical (unpaired) electrons. The van der Waals surface area contributed by atoms with Crippen LogP contribution in [0.3, 0.4) is 0 Å². The second kappa shape index (κ2) is 6.83. The molecule has 1 rings (SSSR count). The first-order chi connectivity index (χ1) is 8.49. The quantitative estimate of drug-likeness (QED) is 0.725. The molecule has 4 heteroatoms. The van der Waals surface area contributed by atoms with E-state index in [1.54, 1.807) is 13.0 Å². The third kappa shape index (κ3) is 3.77. The Hall–Kier alpha value is -0.970. The molecule has 0 spiro atoms. The number of aliphatic hydroxyl groups is 1. The normalized spacial score (nSPS) is 16.3. The standard InChI is InChI=1S/C14H23FN2O/c1-9-6-12(4-5-13(9)15)14(7-16)17-11(3)10(2)8-18/h4-6,10-11,14,17-18H,7-8,16H2,1-3H3. The molecule has 4 N–H and O–H groups in total. The van der Waals surface area contributed by atoms with Crippen LogP contribution in [-0.2, 0) is 0 Å². The summed E-state index contributed by atoms with van der Waals surface area (Å²) >= 11 is 0. The van der Waals surface area contributed by atoms with Crippen LogP contribution in [0.25, 0.3) is 0 Å². The molecular weight excluding hydrogens is 231 g/mol. The van der Waals surface area contributed by atoms with Crippen LogP contribution < -0.4 is 11.1 Å². The van der Waals surface area contributed by atoms with Gasteiger partial charge in [-0.1, -0.05) is 19.1 Å². The largest absolute Gasteiger partial charge is 0.396 e. The molecular formula is C14H23FN2O. The fraction of sp³-hybridized carbons (Fsp3) is 0.571. The van der Waals surface area contributed by atoms with Gasteiger partial charge in [0.05, 0.1) is 0 Å². The lowest BCUT2D eigenvalue weighted by Crippen LogP contribution is -2.39. The highest BCUT2D eigenvalue weighted by molar-refractivity contribution is 5.26. The van der Waals surface area contributed by atoms with Gasteiger partial charge < -0.3 is 16.2 Å². The summed E-state index contributed by atoms with van der Waals surface area (Å²) < 4.78 is 13.2. The first-order valence-electron chi connectivity index (χ1n) is 6.32. The van der Waals surface area contributed by atoms with Crippen molar-refractivity contribution in [1.82, 2.24) is 5.32 Å². The van der Waals surface area contributed by atoms with Gasteiger partial charge >= 0.3 is 0 Å². The van der Waals surface area contributed by atoms with E-state index < -0.39 is 0 Å². The van der Waals surface area contributed by atoms with Crippen LogP contribution in [0.4, 0.5) is 4.39 Å². The van der Waals surface area contributed by atoms with Crippen LogP contribution in [-0.4, -0.2) is 24.3 Å². The second-order valence-electron chi connectivity index (χ2n) is 4.91. The number of hydrogen-bond donors (Lipinski definition) is 3. The summed E-state index contributed by atoms with van der Waals surface area (Å²) in [5.41, 5.74) is 7.36. The lowest BCUT2D eigenvalue weighted by Gasteiger charge is -2.26. The SMILES string of the molecule is Cc1cc(C(CN)NC(C)C(C)CO)ccc1F. The molecule has 0 aliphatic heterocycles. The zero-order valence-corrected chi connectivity index (χ0v) is 11.3. The van der Waals surface area contributed by atoms with Crippen LogP contribution in [0.1, 0.15) is 31.0 Å². The van der Waals surface area contributed by atoms with Crippen molar-refractivity contribution < 1.29 is 9.50 Å². The van der Waals surface area contributed by atoms with Crippen molar-refractivity contribution in [2.75, 3.05) is 13.2 Å². The summed E-state index contributed by atoms with van der Waals surface area (Å²) in [5, 5.41) is 12.5. The summed E-state index contributed by atoms with van der Waals surface area (Å²) in [6, 6.07) is 5.16. The van der Waals surface area contributed by atoms with Crippen molar-refractivity contribution >= 4 is 0 Å². The first-order valence-corrected chi connectivity index (χ1v) is 6.32. The lowest BCUT2D eigenvalue weighted by atomic mass is 9.99. The highest BCUT2D eigenvalue weighted by Gasteiger charge is 2.17. The van der Waals surface area contributed by atoms with E-state index in [0.717, 1.165) is 5.56 Å². The number of halogens is 1. The monoisotopic (exact) mass is 254 g/mol. The maximum absolute atomic E-state index is 13.2. The zero-order valence-electron chi connectivity index (χ0n) is 11.3. The minimum Gasteiger partial charge on any atom is -0.396 e. The molecule has 0 bridgehead atoms. The highest BCUT2D eigenvalue weighted by atomic mass is 19.1. The van der Waals surface area contributed by atoms with E-state index in [0.29, 0.717) is 12.1 Å². The van der Waals surface area contributed by atoms with Crippen molar-refractivity contribution in [3.63, 3.8) is 0 Å². The van der Waals surface area contributed by atoms with E-state index in [9.17, 15) is 4.39 Å². The van der Waals surface area contributed by atoms with Gasteiger partial charge in [-0.05, 0) is 37.0 Å². The summed E-state index contributed by atoms with van der Waals surface area (Å²) in [6.07, 6.45) is 0. The Morgan fingerprint density at radius 3 is 2.56 bits per heavy atom. The van der Waals surface area contributed by atoms with Crippen molar-refractivity contribution in [3.05, 3.63) is 35.1 Å². The predicted molar refractivity (Wildman–Crippen MR) is 71.8 cm³/mol. The molecule has 1 aromatic carbocycles. The Morgan fingerprint density at radius 1 is 1.39 bits per heavy atom. The van der Waals surface area contributed by atoms with Crippen LogP contribution >= 0.6 is 0 Å². The van der Waals surface area contributed by atoms with Crippen molar-refractivity contribution in [2.45, 2.75) is 32.9 Å². The summed E-state index contributed by atoms with van der Waals surface area (Å²) in [5.74, 6) is -0.0492. The molecule has 3 nitrogen and oxygen atoms in total.